The topological polar surface area (TPSA) is 118 Å². The van der Waals surface area contributed by atoms with Crippen LogP contribution in [0.15, 0.2) is 77.3 Å². The maximum absolute atomic E-state index is 12.4. The molecule has 1 aromatic heterocycles. The van der Waals surface area contributed by atoms with Gasteiger partial charge in [-0.1, -0.05) is 18.5 Å². The molecule has 0 bridgehead atoms. The second kappa shape index (κ2) is 10.4. The summed E-state index contributed by atoms with van der Waals surface area (Å²) < 4.78 is 16.3. The molecule has 9 nitrogen and oxygen atoms in total. The second-order valence-corrected chi connectivity index (χ2v) is 7.37. The summed E-state index contributed by atoms with van der Waals surface area (Å²) in [6, 6.07) is 19.3. The van der Waals surface area contributed by atoms with Gasteiger partial charge in [0, 0.05) is 23.3 Å². The molecule has 0 unspecified atom stereocenters. The zero-order valence-electron chi connectivity index (χ0n) is 18.3. The van der Waals surface area contributed by atoms with Crippen molar-refractivity contribution in [3.63, 3.8) is 0 Å². The number of hydrogen-bond acceptors (Lipinski definition) is 8. The van der Waals surface area contributed by atoms with Crippen molar-refractivity contribution in [2.75, 3.05) is 6.61 Å². The summed E-state index contributed by atoms with van der Waals surface area (Å²) in [5, 5.41) is 14.8. The van der Waals surface area contributed by atoms with Crippen molar-refractivity contribution in [2.24, 2.45) is 0 Å². The number of carbonyl (C=O) groups is 1. The molecule has 34 heavy (non-hydrogen) atoms. The van der Waals surface area contributed by atoms with Crippen molar-refractivity contribution < 1.29 is 23.7 Å². The Morgan fingerprint density at radius 1 is 0.941 bits per heavy atom. The number of aromatic nitrogens is 2. The molecule has 4 rings (SSSR count). The largest absolute Gasteiger partial charge is 0.494 e. The van der Waals surface area contributed by atoms with E-state index in [-0.39, 0.29) is 11.4 Å². The minimum Gasteiger partial charge on any atom is -0.494 e. The van der Waals surface area contributed by atoms with Gasteiger partial charge < -0.3 is 14.0 Å². The van der Waals surface area contributed by atoms with Gasteiger partial charge in [0.2, 0.25) is 5.82 Å². The van der Waals surface area contributed by atoms with E-state index >= 15 is 0 Å². The van der Waals surface area contributed by atoms with E-state index in [9.17, 15) is 14.9 Å². The molecule has 9 heteroatoms. The van der Waals surface area contributed by atoms with Crippen molar-refractivity contribution in [3.8, 4) is 34.3 Å². The van der Waals surface area contributed by atoms with E-state index in [4.69, 9.17) is 14.0 Å². The number of nitrogens with zero attached hydrogens (tertiary/aromatic N) is 3. The monoisotopic (exact) mass is 459 g/mol. The van der Waals surface area contributed by atoms with Gasteiger partial charge in [-0.05, 0) is 67.1 Å². The van der Waals surface area contributed by atoms with E-state index < -0.39 is 10.9 Å². The summed E-state index contributed by atoms with van der Waals surface area (Å²) in [4.78, 5) is 27.0. The maximum Gasteiger partial charge on any atom is 0.343 e. The molecule has 3 aromatic carbocycles. The first-order chi connectivity index (χ1) is 16.5. The molecule has 1 heterocycles. The van der Waals surface area contributed by atoms with Gasteiger partial charge in [0.05, 0.1) is 17.1 Å². The average Bonchev–Trinajstić information content (AvgIpc) is 3.35. The van der Waals surface area contributed by atoms with Crippen LogP contribution in [0.2, 0.25) is 0 Å². The molecule has 0 saturated heterocycles. The van der Waals surface area contributed by atoms with Crippen molar-refractivity contribution >= 4 is 11.7 Å². The van der Waals surface area contributed by atoms with E-state index in [1.54, 1.807) is 24.3 Å². The van der Waals surface area contributed by atoms with Crippen molar-refractivity contribution in [3.05, 3.63) is 88.5 Å². The van der Waals surface area contributed by atoms with Crippen LogP contribution < -0.4 is 9.47 Å². The van der Waals surface area contributed by atoms with Crippen LogP contribution in [0.25, 0.3) is 22.8 Å². The predicted octanol–water partition coefficient (Wildman–Crippen LogP) is 5.71. The highest BCUT2D eigenvalue weighted by Gasteiger charge is 2.14. The predicted molar refractivity (Wildman–Crippen MR) is 124 cm³/mol. The lowest BCUT2D eigenvalue weighted by Gasteiger charge is -2.05. The van der Waals surface area contributed by atoms with Crippen LogP contribution in [0.5, 0.6) is 11.5 Å². The number of non-ortho nitro benzene ring substituents is 1. The Bertz CT molecular complexity index is 1270. The van der Waals surface area contributed by atoms with E-state index in [0.717, 1.165) is 24.2 Å². The molecule has 172 valence electrons. The standard InChI is InChI=1S/C25H21N3O6/c1-2-3-16-32-21-12-8-17(9-13-21)23-26-24(34-27-23)18-4-6-19(7-5-18)25(29)33-22-14-10-20(11-15-22)28(30)31/h4-15H,2-3,16H2,1H3. The van der Waals surface area contributed by atoms with Crippen LogP contribution in [-0.4, -0.2) is 27.6 Å². The maximum atomic E-state index is 12.4. The molecule has 0 atom stereocenters. The Hall–Kier alpha value is -4.53. The Morgan fingerprint density at radius 3 is 2.24 bits per heavy atom. The molecule has 0 aliphatic carbocycles. The zero-order valence-corrected chi connectivity index (χ0v) is 18.3. The lowest BCUT2D eigenvalue weighted by atomic mass is 10.1. The molecule has 0 radical (unpaired) electrons. The number of hydrogen-bond donors (Lipinski definition) is 0. The first kappa shape index (κ1) is 22.7. The SMILES string of the molecule is CCCCOc1ccc(-c2noc(-c3ccc(C(=O)Oc4ccc([N+](=O)[O-])cc4)cc3)n2)cc1. The van der Waals surface area contributed by atoms with Gasteiger partial charge in [0.1, 0.15) is 11.5 Å². The number of nitro benzene ring substituents is 1. The van der Waals surface area contributed by atoms with Gasteiger partial charge >= 0.3 is 5.97 Å². The molecule has 0 aliphatic heterocycles. The number of unbranched alkanes of at least 4 members (excludes halogenated alkanes) is 1. The van der Waals surface area contributed by atoms with Crippen molar-refractivity contribution in [1.29, 1.82) is 0 Å². The molecular formula is C25H21N3O6. The quantitative estimate of drug-likeness (QED) is 0.103. The first-order valence-electron chi connectivity index (χ1n) is 10.7. The Labute approximate surface area is 195 Å². The van der Waals surface area contributed by atoms with Gasteiger partial charge in [-0.15, -0.1) is 0 Å². The normalized spacial score (nSPS) is 10.6. The summed E-state index contributed by atoms with van der Waals surface area (Å²) >= 11 is 0. The summed E-state index contributed by atoms with van der Waals surface area (Å²) in [6.07, 6.45) is 2.08. The molecule has 0 N–H and O–H groups in total. The first-order valence-corrected chi connectivity index (χ1v) is 10.7. The number of nitro groups is 1. The fourth-order valence-corrected chi connectivity index (χ4v) is 3.04. The lowest BCUT2D eigenvalue weighted by Crippen LogP contribution is -2.08. The fraction of sp³-hybridized carbons (Fsp3) is 0.160. The van der Waals surface area contributed by atoms with Crippen LogP contribution >= 0.6 is 0 Å². The summed E-state index contributed by atoms with van der Waals surface area (Å²) in [5.41, 5.74) is 1.66. The summed E-state index contributed by atoms with van der Waals surface area (Å²) in [5.74, 6) is 1.17. The molecule has 0 spiro atoms. The number of carbonyl (C=O) groups excluding carboxylic acids is 1. The van der Waals surface area contributed by atoms with Crippen LogP contribution in [0.1, 0.15) is 30.1 Å². The molecular weight excluding hydrogens is 438 g/mol. The van der Waals surface area contributed by atoms with Crippen molar-refractivity contribution in [2.45, 2.75) is 19.8 Å². The number of rotatable bonds is 9. The van der Waals surface area contributed by atoms with Gasteiger partial charge in [-0.2, -0.15) is 4.98 Å². The molecule has 0 amide bonds. The average molecular weight is 459 g/mol. The minimum atomic E-state index is -0.590. The van der Waals surface area contributed by atoms with Crippen LogP contribution in [-0.2, 0) is 0 Å². The Morgan fingerprint density at radius 2 is 1.59 bits per heavy atom. The highest BCUT2D eigenvalue weighted by molar-refractivity contribution is 5.91. The number of esters is 1. The molecule has 0 fully saturated rings. The van der Waals surface area contributed by atoms with E-state index in [1.807, 2.05) is 24.3 Å². The van der Waals surface area contributed by atoms with E-state index in [0.29, 0.717) is 29.4 Å². The number of ether oxygens (including phenoxy) is 2. The van der Waals surface area contributed by atoms with Crippen LogP contribution in [0.4, 0.5) is 5.69 Å². The third kappa shape index (κ3) is 5.44. The van der Waals surface area contributed by atoms with Crippen LogP contribution in [0, 0.1) is 10.1 Å². The fourth-order valence-electron chi connectivity index (χ4n) is 3.04. The molecule has 4 aromatic rings. The van der Waals surface area contributed by atoms with Gasteiger partial charge in [0.15, 0.2) is 0 Å². The minimum absolute atomic E-state index is 0.0840. The third-order valence-electron chi connectivity index (χ3n) is 4.93. The Balaban J connectivity index is 1.40. The highest BCUT2D eigenvalue weighted by atomic mass is 16.6. The number of benzene rings is 3. The summed E-state index contributed by atoms with van der Waals surface area (Å²) in [6.45, 7) is 2.79. The highest BCUT2D eigenvalue weighted by Crippen LogP contribution is 2.25. The van der Waals surface area contributed by atoms with Gasteiger partial charge in [-0.3, -0.25) is 10.1 Å². The van der Waals surface area contributed by atoms with Gasteiger partial charge in [0.25, 0.3) is 11.6 Å². The van der Waals surface area contributed by atoms with Crippen molar-refractivity contribution in [1.82, 2.24) is 10.1 Å². The van der Waals surface area contributed by atoms with Gasteiger partial charge in [-0.25, -0.2) is 4.79 Å². The van der Waals surface area contributed by atoms with Crippen LogP contribution in [0.3, 0.4) is 0 Å². The Kier molecular flexibility index (Phi) is 6.92. The molecule has 0 aliphatic rings. The second-order valence-electron chi connectivity index (χ2n) is 7.37. The van der Waals surface area contributed by atoms with E-state index in [2.05, 4.69) is 17.1 Å². The third-order valence-corrected chi connectivity index (χ3v) is 4.93. The zero-order chi connectivity index (χ0) is 23.9. The molecule has 0 saturated carbocycles. The van der Waals surface area contributed by atoms with E-state index in [1.165, 1.54) is 24.3 Å². The smallest absolute Gasteiger partial charge is 0.343 e. The lowest BCUT2D eigenvalue weighted by molar-refractivity contribution is -0.384. The summed E-state index contributed by atoms with van der Waals surface area (Å²) in [7, 11) is 0.